The van der Waals surface area contributed by atoms with Gasteiger partial charge in [0.2, 0.25) is 0 Å². The van der Waals surface area contributed by atoms with Crippen molar-refractivity contribution >= 4 is 17.4 Å². The van der Waals surface area contributed by atoms with Crippen LogP contribution in [-0.2, 0) is 6.42 Å². The van der Waals surface area contributed by atoms with Crippen molar-refractivity contribution in [2.45, 2.75) is 52.2 Å². The van der Waals surface area contributed by atoms with Gasteiger partial charge in [0.1, 0.15) is 5.01 Å². The summed E-state index contributed by atoms with van der Waals surface area (Å²) in [5.41, 5.74) is 0. The molecule has 0 aliphatic heterocycles. The maximum Gasteiger partial charge on any atom is 0.315 e. The van der Waals surface area contributed by atoms with Crippen LogP contribution < -0.4 is 10.6 Å². The van der Waals surface area contributed by atoms with Gasteiger partial charge in [0.05, 0.1) is 12.1 Å². The fourth-order valence-corrected chi connectivity index (χ4v) is 2.41. The number of carbonyl (C=O) groups is 1. The first-order chi connectivity index (χ1) is 9.06. The molecule has 0 aliphatic rings. The van der Waals surface area contributed by atoms with Gasteiger partial charge < -0.3 is 15.7 Å². The molecular weight excluding hydrogens is 262 g/mol. The highest BCUT2D eigenvalue weighted by molar-refractivity contribution is 7.11. The van der Waals surface area contributed by atoms with Crippen LogP contribution in [0.2, 0.25) is 0 Å². The summed E-state index contributed by atoms with van der Waals surface area (Å²) in [4.78, 5) is 17.2. The second-order valence-corrected chi connectivity index (χ2v) is 5.64. The second-order valence-electron chi connectivity index (χ2n) is 4.49. The molecule has 0 aromatic carbocycles. The molecule has 0 spiro atoms. The molecule has 2 amide bonds. The van der Waals surface area contributed by atoms with Crippen LogP contribution in [0.3, 0.4) is 0 Å². The Labute approximate surface area is 118 Å². The van der Waals surface area contributed by atoms with Crippen molar-refractivity contribution in [1.29, 1.82) is 0 Å². The number of aromatic nitrogens is 1. The first-order valence-electron chi connectivity index (χ1n) is 6.73. The first kappa shape index (κ1) is 15.9. The predicted molar refractivity (Wildman–Crippen MR) is 77.4 cm³/mol. The molecule has 1 rings (SSSR count). The lowest BCUT2D eigenvalue weighted by molar-refractivity contribution is 0.160. The summed E-state index contributed by atoms with van der Waals surface area (Å²) in [5.74, 6) is 0. The van der Waals surface area contributed by atoms with E-state index in [0.29, 0.717) is 19.4 Å². The van der Waals surface area contributed by atoms with Gasteiger partial charge in [-0.3, -0.25) is 0 Å². The summed E-state index contributed by atoms with van der Waals surface area (Å²) >= 11 is 1.62. The Balaban J connectivity index is 2.31. The number of amides is 2. The van der Waals surface area contributed by atoms with E-state index in [-0.39, 0.29) is 18.2 Å². The van der Waals surface area contributed by atoms with Crippen LogP contribution in [0.5, 0.6) is 0 Å². The molecule has 1 aromatic rings. The number of urea groups is 1. The number of aliphatic hydroxyl groups is 1. The van der Waals surface area contributed by atoms with Crippen molar-refractivity contribution in [2.75, 3.05) is 6.54 Å². The lowest BCUT2D eigenvalue weighted by atomic mass is 10.2. The number of nitrogens with one attached hydrogen (secondary N) is 2. The number of aryl methyl sites for hydroxylation is 1. The topological polar surface area (TPSA) is 74.2 Å². The number of nitrogens with zero attached hydrogens (tertiary/aromatic N) is 1. The third-order valence-electron chi connectivity index (χ3n) is 2.87. The van der Waals surface area contributed by atoms with Crippen molar-refractivity contribution in [3.8, 4) is 0 Å². The lowest BCUT2D eigenvalue weighted by Crippen LogP contribution is -2.38. The summed E-state index contributed by atoms with van der Waals surface area (Å²) in [6.45, 7) is 6.39. The number of thiazole rings is 1. The minimum Gasteiger partial charge on any atom is -0.393 e. The predicted octanol–water partition coefficient (Wildman–Crippen LogP) is 2.23. The molecule has 1 heterocycles. The molecule has 6 heteroatoms. The van der Waals surface area contributed by atoms with Crippen LogP contribution in [-0.4, -0.2) is 28.8 Å². The average molecular weight is 285 g/mol. The fourth-order valence-electron chi connectivity index (χ4n) is 1.55. The van der Waals surface area contributed by atoms with Crippen molar-refractivity contribution in [3.05, 3.63) is 16.1 Å². The quantitative estimate of drug-likeness (QED) is 0.719. The minimum absolute atomic E-state index is 0.0959. The Bertz CT molecular complexity index is 395. The van der Waals surface area contributed by atoms with E-state index in [2.05, 4.69) is 22.5 Å². The van der Waals surface area contributed by atoms with E-state index in [1.807, 2.05) is 20.0 Å². The first-order valence-corrected chi connectivity index (χ1v) is 7.55. The van der Waals surface area contributed by atoms with E-state index in [0.717, 1.165) is 11.4 Å². The second kappa shape index (κ2) is 8.12. The molecule has 1 aromatic heterocycles. The van der Waals surface area contributed by atoms with Crippen molar-refractivity contribution in [2.24, 2.45) is 0 Å². The molecule has 0 bridgehead atoms. The maximum atomic E-state index is 11.6. The molecule has 0 saturated heterocycles. The zero-order chi connectivity index (χ0) is 14.3. The lowest BCUT2D eigenvalue weighted by Gasteiger charge is -2.13. The molecule has 5 nitrogen and oxygen atoms in total. The van der Waals surface area contributed by atoms with Gasteiger partial charge in [-0.25, -0.2) is 9.78 Å². The molecule has 2 atom stereocenters. The average Bonchev–Trinajstić information content (AvgIpc) is 2.87. The van der Waals surface area contributed by atoms with Gasteiger partial charge in [-0.15, -0.1) is 11.3 Å². The highest BCUT2D eigenvalue weighted by Crippen LogP contribution is 2.19. The van der Waals surface area contributed by atoms with Crippen LogP contribution in [0.15, 0.2) is 6.20 Å². The summed E-state index contributed by atoms with van der Waals surface area (Å²) in [6.07, 6.45) is 3.76. The van der Waals surface area contributed by atoms with E-state index in [4.69, 9.17) is 0 Å². The summed E-state index contributed by atoms with van der Waals surface area (Å²) in [6, 6.07) is -0.314. The Hall–Kier alpha value is -1.14. The van der Waals surface area contributed by atoms with E-state index in [1.54, 1.807) is 11.3 Å². The molecule has 0 fully saturated rings. The molecular formula is C13H23N3O2S. The number of hydrogen-bond acceptors (Lipinski definition) is 4. The zero-order valence-corrected chi connectivity index (χ0v) is 12.6. The summed E-state index contributed by atoms with van der Waals surface area (Å²) < 4.78 is 0. The van der Waals surface area contributed by atoms with E-state index < -0.39 is 0 Å². The standard InChI is InChI=1S/C13H23N3O2S/c1-4-10(17)6-7-14-13(18)16-9(3)12-15-8-11(5-2)19-12/h8-10,17H,4-7H2,1-3H3,(H2,14,16,18). The van der Waals surface area contributed by atoms with Gasteiger partial charge in [0.25, 0.3) is 0 Å². The van der Waals surface area contributed by atoms with E-state index >= 15 is 0 Å². The number of aliphatic hydroxyl groups excluding tert-OH is 1. The van der Waals surface area contributed by atoms with Gasteiger partial charge in [-0.05, 0) is 26.2 Å². The minimum atomic E-state index is -0.344. The monoisotopic (exact) mass is 285 g/mol. The van der Waals surface area contributed by atoms with Crippen molar-refractivity contribution in [1.82, 2.24) is 15.6 Å². The van der Waals surface area contributed by atoms with Crippen LogP contribution in [0.4, 0.5) is 4.79 Å². The maximum absolute atomic E-state index is 11.6. The number of rotatable bonds is 7. The molecule has 3 N–H and O–H groups in total. The number of hydrogen-bond donors (Lipinski definition) is 3. The van der Waals surface area contributed by atoms with E-state index in [1.165, 1.54) is 4.88 Å². The Morgan fingerprint density at radius 2 is 2.26 bits per heavy atom. The summed E-state index contributed by atoms with van der Waals surface area (Å²) in [7, 11) is 0. The Morgan fingerprint density at radius 1 is 1.53 bits per heavy atom. The molecule has 0 saturated carbocycles. The molecule has 0 aliphatic carbocycles. The van der Waals surface area contributed by atoms with Crippen LogP contribution in [0, 0.1) is 0 Å². The van der Waals surface area contributed by atoms with Crippen LogP contribution >= 0.6 is 11.3 Å². The van der Waals surface area contributed by atoms with Gasteiger partial charge in [0.15, 0.2) is 0 Å². The zero-order valence-electron chi connectivity index (χ0n) is 11.8. The third-order valence-corrected chi connectivity index (χ3v) is 4.20. The Morgan fingerprint density at radius 3 is 2.84 bits per heavy atom. The molecule has 2 unspecified atom stereocenters. The SMILES string of the molecule is CCc1cnc(C(C)NC(=O)NCCC(O)CC)s1. The molecule has 19 heavy (non-hydrogen) atoms. The van der Waals surface area contributed by atoms with Crippen molar-refractivity contribution in [3.63, 3.8) is 0 Å². The van der Waals surface area contributed by atoms with Crippen LogP contribution in [0.25, 0.3) is 0 Å². The molecule has 108 valence electrons. The smallest absolute Gasteiger partial charge is 0.315 e. The van der Waals surface area contributed by atoms with Crippen molar-refractivity contribution < 1.29 is 9.90 Å². The highest BCUT2D eigenvalue weighted by atomic mass is 32.1. The Kier molecular flexibility index (Phi) is 6.80. The normalized spacial score (nSPS) is 13.9. The highest BCUT2D eigenvalue weighted by Gasteiger charge is 2.12. The fraction of sp³-hybridized carbons (Fsp3) is 0.692. The summed E-state index contributed by atoms with van der Waals surface area (Å²) in [5, 5.41) is 15.9. The van der Waals surface area contributed by atoms with Gasteiger partial charge in [0, 0.05) is 17.6 Å². The van der Waals surface area contributed by atoms with E-state index in [9.17, 15) is 9.90 Å². The molecule has 0 radical (unpaired) electrons. The number of carbonyl (C=O) groups excluding carboxylic acids is 1. The van der Waals surface area contributed by atoms with Crippen LogP contribution in [0.1, 0.15) is 49.5 Å². The van der Waals surface area contributed by atoms with Gasteiger partial charge in [-0.1, -0.05) is 13.8 Å². The third kappa shape index (κ3) is 5.57. The van der Waals surface area contributed by atoms with Gasteiger partial charge in [-0.2, -0.15) is 0 Å². The van der Waals surface area contributed by atoms with Gasteiger partial charge >= 0.3 is 6.03 Å². The largest absolute Gasteiger partial charge is 0.393 e.